The van der Waals surface area contributed by atoms with Gasteiger partial charge >= 0.3 is 0 Å². The van der Waals surface area contributed by atoms with E-state index in [4.69, 9.17) is 5.73 Å². The number of halogens is 2. The van der Waals surface area contributed by atoms with Gasteiger partial charge in [-0.2, -0.15) is 0 Å². The molecule has 0 aliphatic carbocycles. The molecule has 0 saturated carbocycles. The minimum Gasteiger partial charge on any atom is -0.325 e. The summed E-state index contributed by atoms with van der Waals surface area (Å²) in [7, 11) is 0. The summed E-state index contributed by atoms with van der Waals surface area (Å²) < 4.78 is 26.2. The van der Waals surface area contributed by atoms with Crippen molar-refractivity contribution in [2.24, 2.45) is 5.73 Å². The molecule has 0 aliphatic heterocycles. The summed E-state index contributed by atoms with van der Waals surface area (Å²) in [6, 6.07) is 3.44. The summed E-state index contributed by atoms with van der Waals surface area (Å²) >= 11 is 0. The van der Waals surface area contributed by atoms with E-state index >= 15 is 0 Å². The molecule has 0 amide bonds. The van der Waals surface area contributed by atoms with Gasteiger partial charge in [0.1, 0.15) is 11.6 Å². The monoisotopic (exact) mass is 199 g/mol. The number of benzene rings is 1. The van der Waals surface area contributed by atoms with Crippen molar-refractivity contribution in [3.05, 3.63) is 35.4 Å². The molecule has 0 fully saturated rings. The summed E-state index contributed by atoms with van der Waals surface area (Å²) in [6.07, 6.45) is 0. The molecule has 0 radical (unpaired) electrons. The van der Waals surface area contributed by atoms with Crippen molar-refractivity contribution in [1.82, 2.24) is 0 Å². The molecule has 1 atom stereocenters. The first kappa shape index (κ1) is 11.1. The maximum Gasteiger partial charge on any atom is 0.126 e. The Balaban J connectivity index is 3.12. The molecule has 1 aromatic rings. The van der Waals surface area contributed by atoms with Crippen molar-refractivity contribution in [1.29, 1.82) is 0 Å². The first-order valence-electron chi connectivity index (χ1n) is 4.56. The van der Waals surface area contributed by atoms with Crippen LogP contribution in [-0.4, -0.2) is 5.54 Å². The summed E-state index contributed by atoms with van der Waals surface area (Å²) in [5, 5.41) is 0. The van der Waals surface area contributed by atoms with Gasteiger partial charge in [-0.05, 0) is 37.6 Å². The average Bonchev–Trinajstić information content (AvgIpc) is 2.06. The van der Waals surface area contributed by atoms with Crippen LogP contribution < -0.4 is 5.73 Å². The predicted molar refractivity (Wildman–Crippen MR) is 53.0 cm³/mol. The predicted octanol–water partition coefficient (Wildman–Crippen LogP) is 2.81. The molecule has 0 aromatic heterocycles. The third-order valence-corrected chi connectivity index (χ3v) is 2.54. The van der Waals surface area contributed by atoms with E-state index in [0.29, 0.717) is 5.56 Å². The van der Waals surface area contributed by atoms with Crippen molar-refractivity contribution in [3.63, 3.8) is 0 Å². The third kappa shape index (κ3) is 2.29. The SMILES string of the molecule is CC(c1cc(F)ccc1F)C(C)(C)N. The Hall–Kier alpha value is -0.960. The Bertz CT molecular complexity index is 329. The van der Waals surface area contributed by atoms with Crippen LogP contribution >= 0.6 is 0 Å². The molecule has 14 heavy (non-hydrogen) atoms. The van der Waals surface area contributed by atoms with E-state index in [1.54, 1.807) is 20.8 Å². The molecule has 1 aromatic carbocycles. The molecule has 0 bridgehead atoms. The maximum atomic E-state index is 13.3. The maximum absolute atomic E-state index is 13.3. The van der Waals surface area contributed by atoms with Gasteiger partial charge in [-0.15, -0.1) is 0 Å². The fraction of sp³-hybridized carbons (Fsp3) is 0.455. The van der Waals surface area contributed by atoms with Crippen LogP contribution in [-0.2, 0) is 0 Å². The summed E-state index contributed by atoms with van der Waals surface area (Å²) in [5.74, 6) is -1.06. The second-order valence-corrected chi connectivity index (χ2v) is 4.21. The quantitative estimate of drug-likeness (QED) is 0.778. The largest absolute Gasteiger partial charge is 0.325 e. The van der Waals surface area contributed by atoms with Crippen molar-refractivity contribution in [2.45, 2.75) is 32.2 Å². The minimum absolute atomic E-state index is 0.224. The number of hydrogen-bond donors (Lipinski definition) is 1. The van der Waals surface area contributed by atoms with Gasteiger partial charge in [0.25, 0.3) is 0 Å². The Kier molecular flexibility index (Phi) is 2.90. The van der Waals surface area contributed by atoms with Gasteiger partial charge in [-0.3, -0.25) is 0 Å². The van der Waals surface area contributed by atoms with E-state index in [2.05, 4.69) is 0 Å². The highest BCUT2D eigenvalue weighted by Gasteiger charge is 2.24. The van der Waals surface area contributed by atoms with Gasteiger partial charge in [-0.25, -0.2) is 8.78 Å². The van der Waals surface area contributed by atoms with E-state index in [0.717, 1.165) is 12.1 Å². The van der Waals surface area contributed by atoms with Crippen LogP contribution in [0.3, 0.4) is 0 Å². The third-order valence-electron chi connectivity index (χ3n) is 2.54. The molecule has 1 unspecified atom stereocenters. The molecule has 78 valence electrons. The molecular formula is C11H15F2N. The van der Waals surface area contributed by atoms with Crippen LogP contribution in [0.4, 0.5) is 8.78 Å². The van der Waals surface area contributed by atoms with Crippen LogP contribution in [0.2, 0.25) is 0 Å². The van der Waals surface area contributed by atoms with Crippen molar-refractivity contribution >= 4 is 0 Å². The Morgan fingerprint density at radius 2 is 1.86 bits per heavy atom. The van der Waals surface area contributed by atoms with Gasteiger partial charge in [0.05, 0.1) is 0 Å². The number of nitrogens with two attached hydrogens (primary N) is 1. The molecule has 1 rings (SSSR count). The van der Waals surface area contributed by atoms with Crippen LogP contribution in [0.25, 0.3) is 0 Å². The van der Waals surface area contributed by atoms with E-state index in [1.807, 2.05) is 0 Å². The molecule has 0 saturated heterocycles. The highest BCUT2D eigenvalue weighted by atomic mass is 19.1. The lowest BCUT2D eigenvalue weighted by Crippen LogP contribution is -2.38. The highest BCUT2D eigenvalue weighted by Crippen LogP contribution is 2.27. The molecule has 1 nitrogen and oxygen atoms in total. The summed E-state index contributed by atoms with van der Waals surface area (Å²) in [6.45, 7) is 5.38. The smallest absolute Gasteiger partial charge is 0.126 e. The molecule has 0 heterocycles. The first-order valence-corrected chi connectivity index (χ1v) is 4.56. The van der Waals surface area contributed by atoms with Gasteiger partial charge < -0.3 is 5.73 Å². The Labute approximate surface area is 82.9 Å². The van der Waals surface area contributed by atoms with E-state index in [-0.39, 0.29) is 5.92 Å². The summed E-state index contributed by atoms with van der Waals surface area (Å²) in [5.41, 5.74) is 5.61. The standard InChI is InChI=1S/C11H15F2N/c1-7(11(2,3)14)9-6-8(12)4-5-10(9)13/h4-7H,14H2,1-3H3. The zero-order chi connectivity index (χ0) is 10.9. The molecule has 0 spiro atoms. The normalized spacial score (nSPS) is 14.1. The van der Waals surface area contributed by atoms with Crippen molar-refractivity contribution < 1.29 is 8.78 Å². The molecule has 2 N–H and O–H groups in total. The van der Waals surface area contributed by atoms with Gasteiger partial charge in [0, 0.05) is 11.5 Å². The Morgan fingerprint density at radius 3 is 2.36 bits per heavy atom. The van der Waals surface area contributed by atoms with Crippen molar-refractivity contribution in [3.8, 4) is 0 Å². The van der Waals surface area contributed by atoms with Crippen LogP contribution in [0, 0.1) is 11.6 Å². The number of hydrogen-bond acceptors (Lipinski definition) is 1. The molecule has 0 aliphatic rings. The Morgan fingerprint density at radius 1 is 1.29 bits per heavy atom. The summed E-state index contributed by atoms with van der Waals surface area (Å²) in [4.78, 5) is 0. The van der Waals surface area contributed by atoms with Crippen LogP contribution in [0.1, 0.15) is 32.3 Å². The molecular weight excluding hydrogens is 184 g/mol. The number of rotatable bonds is 2. The second kappa shape index (κ2) is 3.65. The van der Waals surface area contributed by atoms with Gasteiger partial charge in [0.15, 0.2) is 0 Å². The van der Waals surface area contributed by atoms with Crippen LogP contribution in [0.15, 0.2) is 18.2 Å². The fourth-order valence-electron chi connectivity index (χ4n) is 1.25. The average molecular weight is 199 g/mol. The lowest BCUT2D eigenvalue weighted by Gasteiger charge is -2.27. The second-order valence-electron chi connectivity index (χ2n) is 4.21. The minimum atomic E-state index is -0.561. The van der Waals surface area contributed by atoms with Gasteiger partial charge in [0.2, 0.25) is 0 Å². The highest BCUT2D eigenvalue weighted by molar-refractivity contribution is 5.25. The van der Waals surface area contributed by atoms with Crippen molar-refractivity contribution in [2.75, 3.05) is 0 Å². The zero-order valence-corrected chi connectivity index (χ0v) is 8.64. The zero-order valence-electron chi connectivity index (χ0n) is 8.64. The molecule has 3 heteroatoms. The topological polar surface area (TPSA) is 26.0 Å². The van der Waals surface area contributed by atoms with E-state index in [1.165, 1.54) is 6.07 Å². The first-order chi connectivity index (χ1) is 6.32. The van der Waals surface area contributed by atoms with Gasteiger partial charge in [-0.1, -0.05) is 6.92 Å². The lowest BCUT2D eigenvalue weighted by atomic mass is 9.84. The van der Waals surface area contributed by atoms with E-state index < -0.39 is 17.2 Å². The van der Waals surface area contributed by atoms with E-state index in [9.17, 15) is 8.78 Å². The fourth-order valence-corrected chi connectivity index (χ4v) is 1.25. The van der Waals surface area contributed by atoms with Crippen LogP contribution in [0.5, 0.6) is 0 Å². The lowest BCUT2D eigenvalue weighted by molar-refractivity contribution is 0.419.